The van der Waals surface area contributed by atoms with Crippen molar-refractivity contribution >= 4 is 5.91 Å². The number of carbonyl (C=O) groups is 1. The molecule has 2 aliphatic heterocycles. The first-order chi connectivity index (χ1) is 10.7. The van der Waals surface area contributed by atoms with Crippen LogP contribution in [0.1, 0.15) is 38.5 Å². The quantitative estimate of drug-likeness (QED) is 0.458. The fraction of sp³-hybridized carbons (Fsp3) is 0.929. The van der Waals surface area contributed by atoms with Gasteiger partial charge in [-0.05, 0) is 38.5 Å². The molecule has 128 valence electrons. The maximum absolute atomic E-state index is 11.9. The summed E-state index contributed by atoms with van der Waals surface area (Å²) < 4.78 is 22.1. The minimum Gasteiger partial charge on any atom is -0.394 e. The van der Waals surface area contributed by atoms with E-state index in [1.807, 2.05) is 0 Å². The lowest BCUT2D eigenvalue weighted by atomic mass is 10.1. The van der Waals surface area contributed by atoms with E-state index in [-0.39, 0.29) is 0 Å². The smallest absolute Gasteiger partial charge is 0.275 e. The number of aliphatic hydroxyl groups is 1. The van der Waals surface area contributed by atoms with E-state index < -0.39 is 37.3 Å². The van der Waals surface area contributed by atoms with E-state index in [1.54, 1.807) is 5.48 Å². The van der Waals surface area contributed by atoms with Crippen molar-refractivity contribution < 1.29 is 34.1 Å². The molecule has 8 heteroatoms. The Morgan fingerprint density at radius 3 is 2.14 bits per heavy atom. The van der Waals surface area contributed by atoms with Crippen molar-refractivity contribution in [2.75, 3.05) is 19.8 Å². The number of nitrogens with one attached hydrogen (secondary N) is 1. The van der Waals surface area contributed by atoms with Gasteiger partial charge in [0.15, 0.2) is 18.7 Å². The summed E-state index contributed by atoms with van der Waals surface area (Å²) in [4.78, 5) is 11.9. The third-order valence-electron chi connectivity index (χ3n) is 3.79. The molecular weight excluding hydrogens is 294 g/mol. The van der Waals surface area contributed by atoms with Gasteiger partial charge in [-0.15, -0.1) is 0 Å². The lowest BCUT2D eigenvalue weighted by Crippen LogP contribution is -2.49. The Bertz CT molecular complexity index is 329. The molecule has 2 aliphatic rings. The van der Waals surface area contributed by atoms with Gasteiger partial charge in [0.2, 0.25) is 0 Å². The second-order valence-electron chi connectivity index (χ2n) is 5.48. The van der Waals surface area contributed by atoms with Crippen LogP contribution in [0, 0.1) is 0 Å². The monoisotopic (exact) mass is 319 g/mol. The molecule has 0 radical (unpaired) electrons. The molecule has 2 rings (SSSR count). The summed E-state index contributed by atoms with van der Waals surface area (Å²) in [5.74, 6) is -0.774. The van der Waals surface area contributed by atoms with E-state index in [0.717, 1.165) is 25.7 Å². The third kappa shape index (κ3) is 5.15. The maximum atomic E-state index is 11.9. The molecule has 8 nitrogen and oxygen atoms in total. The molecule has 2 unspecified atom stereocenters. The summed E-state index contributed by atoms with van der Waals surface area (Å²) in [6.45, 7) is 0.728. The van der Waals surface area contributed by atoms with Gasteiger partial charge in [0.1, 0.15) is 6.10 Å². The molecule has 2 fully saturated rings. The number of hydrogen-bond acceptors (Lipinski definition) is 7. The first-order valence-electron chi connectivity index (χ1n) is 7.83. The number of aliphatic hydroxyl groups excluding tert-OH is 1. The molecule has 1 amide bonds. The highest BCUT2D eigenvalue weighted by atomic mass is 16.7. The van der Waals surface area contributed by atoms with E-state index in [9.17, 15) is 9.90 Å². The van der Waals surface area contributed by atoms with Gasteiger partial charge in [-0.1, -0.05) is 0 Å². The number of hydroxylamine groups is 1. The number of rotatable bonds is 7. The van der Waals surface area contributed by atoms with Crippen molar-refractivity contribution in [2.45, 2.75) is 63.3 Å². The second kappa shape index (κ2) is 9.39. The molecule has 0 spiro atoms. The molecule has 0 aromatic heterocycles. The maximum Gasteiger partial charge on any atom is 0.275 e. The zero-order valence-corrected chi connectivity index (χ0v) is 12.6. The van der Waals surface area contributed by atoms with Crippen LogP contribution >= 0.6 is 0 Å². The summed E-state index contributed by atoms with van der Waals surface area (Å²) >= 11 is 0. The standard InChI is InChI=1S/C14H25NO7/c16-9-10(21-11-5-1-3-7-19-11)13(14(17)15-18)22-12-6-2-4-8-20-12/h10-13,16,18H,1-9H2,(H,15,17)/t10-,11?,12?,13-/m1/s1. The van der Waals surface area contributed by atoms with Crippen LogP contribution in [0.2, 0.25) is 0 Å². The van der Waals surface area contributed by atoms with Crippen molar-refractivity contribution in [3.05, 3.63) is 0 Å². The van der Waals surface area contributed by atoms with Crippen molar-refractivity contribution in [2.24, 2.45) is 0 Å². The SMILES string of the molecule is O=C(NO)[C@H](OC1CCCCO1)[C@@H](CO)OC1CCCCO1. The highest BCUT2D eigenvalue weighted by molar-refractivity contribution is 5.80. The summed E-state index contributed by atoms with van der Waals surface area (Å²) in [7, 11) is 0. The topological polar surface area (TPSA) is 106 Å². The fourth-order valence-corrected chi connectivity index (χ4v) is 2.59. The number of ether oxygens (including phenoxy) is 4. The Morgan fingerprint density at radius 2 is 1.68 bits per heavy atom. The highest BCUT2D eigenvalue weighted by Crippen LogP contribution is 2.21. The van der Waals surface area contributed by atoms with Gasteiger partial charge in [0.25, 0.3) is 5.91 Å². The van der Waals surface area contributed by atoms with Gasteiger partial charge in [-0.2, -0.15) is 0 Å². The van der Waals surface area contributed by atoms with Gasteiger partial charge >= 0.3 is 0 Å². The van der Waals surface area contributed by atoms with Gasteiger partial charge in [0.05, 0.1) is 6.61 Å². The van der Waals surface area contributed by atoms with Crippen LogP contribution < -0.4 is 5.48 Å². The molecular formula is C14H25NO7. The zero-order chi connectivity index (χ0) is 15.8. The van der Waals surface area contributed by atoms with E-state index in [4.69, 9.17) is 24.2 Å². The molecule has 0 saturated carbocycles. The van der Waals surface area contributed by atoms with E-state index in [0.29, 0.717) is 26.1 Å². The van der Waals surface area contributed by atoms with Crippen LogP contribution in [0.3, 0.4) is 0 Å². The van der Waals surface area contributed by atoms with Gasteiger partial charge < -0.3 is 24.1 Å². The number of amides is 1. The van der Waals surface area contributed by atoms with Crippen molar-refractivity contribution in [3.63, 3.8) is 0 Å². The number of carbonyl (C=O) groups excluding carboxylic acids is 1. The van der Waals surface area contributed by atoms with Gasteiger partial charge in [-0.25, -0.2) is 5.48 Å². The molecule has 0 aliphatic carbocycles. The minimum atomic E-state index is -1.16. The molecule has 3 N–H and O–H groups in total. The first-order valence-corrected chi connectivity index (χ1v) is 7.83. The molecule has 0 aromatic rings. The molecule has 4 atom stereocenters. The first kappa shape index (κ1) is 17.6. The molecule has 2 heterocycles. The highest BCUT2D eigenvalue weighted by Gasteiger charge is 2.35. The summed E-state index contributed by atoms with van der Waals surface area (Å²) in [5.41, 5.74) is 1.56. The van der Waals surface area contributed by atoms with Crippen LogP contribution in [-0.2, 0) is 23.7 Å². The Labute approximate surface area is 129 Å². The molecule has 0 bridgehead atoms. The predicted molar refractivity (Wildman–Crippen MR) is 73.9 cm³/mol. The van der Waals surface area contributed by atoms with E-state index in [1.165, 1.54) is 0 Å². The Balaban J connectivity index is 1.95. The average Bonchev–Trinajstić information content (AvgIpc) is 2.59. The minimum absolute atomic E-state index is 0.426. The summed E-state index contributed by atoms with van der Waals surface area (Å²) in [6, 6.07) is 0. The van der Waals surface area contributed by atoms with Crippen molar-refractivity contribution in [1.29, 1.82) is 0 Å². The largest absolute Gasteiger partial charge is 0.394 e. The molecule has 2 saturated heterocycles. The normalized spacial score (nSPS) is 28.8. The van der Waals surface area contributed by atoms with Crippen LogP contribution in [0.15, 0.2) is 0 Å². The lowest BCUT2D eigenvalue weighted by Gasteiger charge is -2.33. The number of hydrogen-bond donors (Lipinski definition) is 3. The fourth-order valence-electron chi connectivity index (χ4n) is 2.59. The summed E-state index contributed by atoms with van der Waals surface area (Å²) in [6.07, 6.45) is 2.07. The van der Waals surface area contributed by atoms with Gasteiger partial charge in [-0.3, -0.25) is 10.0 Å². The van der Waals surface area contributed by atoms with Crippen LogP contribution in [0.4, 0.5) is 0 Å². The van der Waals surface area contributed by atoms with Crippen molar-refractivity contribution in [1.82, 2.24) is 5.48 Å². The molecule has 0 aromatic carbocycles. The Morgan fingerprint density at radius 1 is 1.09 bits per heavy atom. The van der Waals surface area contributed by atoms with E-state index in [2.05, 4.69) is 0 Å². The van der Waals surface area contributed by atoms with Crippen LogP contribution in [0.25, 0.3) is 0 Å². The lowest BCUT2D eigenvalue weighted by molar-refractivity contribution is -0.251. The summed E-state index contributed by atoms with van der Waals surface area (Å²) in [5, 5.41) is 18.4. The van der Waals surface area contributed by atoms with Crippen molar-refractivity contribution in [3.8, 4) is 0 Å². The van der Waals surface area contributed by atoms with Gasteiger partial charge in [0, 0.05) is 13.2 Å². The third-order valence-corrected chi connectivity index (χ3v) is 3.79. The predicted octanol–water partition coefficient (Wildman–Crippen LogP) is 0.308. The second-order valence-corrected chi connectivity index (χ2v) is 5.48. The van der Waals surface area contributed by atoms with E-state index >= 15 is 0 Å². The van der Waals surface area contributed by atoms with Crippen LogP contribution in [-0.4, -0.2) is 60.8 Å². The average molecular weight is 319 g/mol. The Hall–Kier alpha value is -0.770. The molecule has 22 heavy (non-hydrogen) atoms. The Kier molecular flexibility index (Phi) is 7.50. The zero-order valence-electron chi connectivity index (χ0n) is 12.6. The van der Waals surface area contributed by atoms with Crippen LogP contribution in [0.5, 0.6) is 0 Å².